The molecule has 1 unspecified atom stereocenters. The maximum Gasteiger partial charge on any atom is 0.0585 e. The van der Waals surface area contributed by atoms with Gasteiger partial charge in [0.25, 0.3) is 0 Å². The molecule has 6 heavy (non-hydrogen) atoms. The van der Waals surface area contributed by atoms with Gasteiger partial charge in [0, 0.05) is 12.3 Å². The normalized spacial score (nSPS) is 31.7. The molecule has 0 amide bonds. The maximum atomic E-state index is 4.88. The van der Waals surface area contributed by atoms with Gasteiger partial charge in [-0.1, -0.05) is 9.45 Å². The molecule has 0 aromatic rings. The summed E-state index contributed by atoms with van der Waals surface area (Å²) in [6, 6.07) is 0. The quantitative estimate of drug-likeness (QED) is 0.441. The van der Waals surface area contributed by atoms with E-state index >= 15 is 0 Å². The lowest BCUT2D eigenvalue weighted by molar-refractivity contribution is 1.18. The Morgan fingerprint density at radius 2 is 2.67 bits per heavy atom. The van der Waals surface area contributed by atoms with Crippen LogP contribution in [0.3, 0.4) is 0 Å². The Morgan fingerprint density at radius 1 is 1.83 bits per heavy atom. The first-order valence-corrected chi connectivity index (χ1v) is 4.15. The van der Waals surface area contributed by atoms with Crippen LogP contribution in [0, 0.1) is 0 Å². The fraction of sp³-hybridized carbons (Fsp3) is 0.667. The summed E-state index contributed by atoms with van der Waals surface area (Å²) in [5.41, 5.74) is 1.87. The van der Waals surface area contributed by atoms with Crippen molar-refractivity contribution in [1.82, 2.24) is 0 Å². The Morgan fingerprint density at radius 3 is 2.83 bits per heavy atom. The molecule has 0 aliphatic carbocycles. The number of rotatable bonds is 0. The molecular weight excluding hydrogens is 114 g/mol. The molecule has 0 fully saturated rings. The average molecular weight is 119 g/mol. The van der Waals surface area contributed by atoms with Crippen LogP contribution in [0.4, 0.5) is 0 Å². The third-order valence-electron chi connectivity index (χ3n) is 0.614. The first kappa shape index (κ1) is 4.40. The minimum absolute atomic E-state index is 0.119. The predicted octanol–water partition coefficient (Wildman–Crippen LogP) is 0.109. The van der Waals surface area contributed by atoms with Gasteiger partial charge in [-0.05, 0) is 11.2 Å². The van der Waals surface area contributed by atoms with E-state index in [0.29, 0.717) is 0 Å². The molecule has 34 valence electrons. The number of hydrogen-bond donors (Lipinski definition) is 0. The summed E-state index contributed by atoms with van der Waals surface area (Å²) in [5, 5.41) is 0. The number of hydrogen-bond acceptors (Lipinski definition) is 2. The summed E-state index contributed by atoms with van der Waals surface area (Å²) in [4.78, 5) is 3.95. The van der Waals surface area contributed by atoms with Gasteiger partial charge in [-0.25, -0.2) is 0 Å². The van der Waals surface area contributed by atoms with Gasteiger partial charge in [0.15, 0.2) is 0 Å². The molecular formula is C3H5NS2. The molecule has 3 heteroatoms. The highest BCUT2D eigenvalue weighted by Crippen LogP contribution is 1.87. The lowest BCUT2D eigenvalue weighted by Gasteiger charge is -1.75. The topological polar surface area (TPSA) is 12.4 Å². The minimum atomic E-state index is 0.119. The smallest absolute Gasteiger partial charge is 0.0585 e. The Bertz CT molecular complexity index is 97.0. The van der Waals surface area contributed by atoms with Crippen molar-refractivity contribution in [3.05, 3.63) is 0 Å². The van der Waals surface area contributed by atoms with E-state index in [1.54, 1.807) is 0 Å². The molecule has 1 heterocycles. The van der Waals surface area contributed by atoms with E-state index in [1.165, 1.54) is 0 Å². The molecule has 1 aliphatic heterocycles. The molecule has 0 saturated heterocycles. The van der Waals surface area contributed by atoms with Crippen LogP contribution in [0.2, 0.25) is 0 Å². The van der Waals surface area contributed by atoms with Crippen molar-refractivity contribution in [2.24, 2.45) is 4.99 Å². The summed E-state index contributed by atoms with van der Waals surface area (Å²) >= 11 is 4.88. The van der Waals surface area contributed by atoms with Crippen molar-refractivity contribution in [3.63, 3.8) is 0 Å². The zero-order valence-electron chi connectivity index (χ0n) is 3.26. The molecule has 0 spiro atoms. The van der Waals surface area contributed by atoms with Crippen LogP contribution >= 0.6 is 0 Å². The first-order valence-electron chi connectivity index (χ1n) is 1.77. The molecule has 0 N–H and O–H groups in total. The van der Waals surface area contributed by atoms with E-state index in [-0.39, 0.29) is 9.45 Å². The van der Waals surface area contributed by atoms with E-state index in [4.69, 9.17) is 11.2 Å². The van der Waals surface area contributed by atoms with E-state index in [0.717, 1.165) is 12.3 Å². The monoisotopic (exact) mass is 119 g/mol. The fourth-order valence-electron chi connectivity index (χ4n) is 0.331. The van der Waals surface area contributed by atoms with E-state index in [9.17, 15) is 0 Å². The number of nitrogens with zero attached hydrogens (tertiary/aromatic N) is 1. The van der Waals surface area contributed by atoms with Crippen LogP contribution in [-0.4, -0.2) is 17.8 Å². The van der Waals surface area contributed by atoms with Crippen molar-refractivity contribution >= 4 is 26.2 Å². The Balaban J connectivity index is 2.59. The average Bonchev–Trinajstić information content (AvgIpc) is 1.86. The van der Waals surface area contributed by atoms with E-state index < -0.39 is 0 Å². The van der Waals surface area contributed by atoms with Crippen LogP contribution in [0.25, 0.3) is 0 Å². The first-order chi connectivity index (χ1) is 2.89. The summed E-state index contributed by atoms with van der Waals surface area (Å²) in [5.74, 6) is 1.11. The Hall–Kier alpha value is 0.240. The largest absolute Gasteiger partial charge is 0.285 e. The summed E-state index contributed by atoms with van der Waals surface area (Å²) in [6.07, 6.45) is 0. The minimum Gasteiger partial charge on any atom is -0.285 e. The van der Waals surface area contributed by atoms with Gasteiger partial charge in [-0.2, -0.15) is 0 Å². The second kappa shape index (κ2) is 1.80. The SMILES string of the molecule is S=S1C=NCC1. The second-order valence-corrected chi connectivity index (χ2v) is 3.76. The van der Waals surface area contributed by atoms with Crippen molar-refractivity contribution < 1.29 is 0 Å². The molecule has 1 nitrogen and oxygen atoms in total. The highest BCUT2D eigenvalue weighted by molar-refractivity contribution is 8.36. The van der Waals surface area contributed by atoms with Gasteiger partial charge in [0.05, 0.1) is 5.55 Å². The summed E-state index contributed by atoms with van der Waals surface area (Å²) in [7, 11) is 0.119. The van der Waals surface area contributed by atoms with E-state index in [1.807, 2.05) is 5.55 Å². The standard InChI is InChI=1S/C3H5NS2/c5-6-2-1-4-3-6/h3H,1-2H2. The Kier molecular flexibility index (Phi) is 1.32. The summed E-state index contributed by atoms with van der Waals surface area (Å²) < 4.78 is 0. The van der Waals surface area contributed by atoms with Gasteiger partial charge in [-0.15, -0.1) is 0 Å². The molecule has 1 atom stereocenters. The highest BCUT2D eigenvalue weighted by Gasteiger charge is 1.93. The van der Waals surface area contributed by atoms with Crippen molar-refractivity contribution in [3.8, 4) is 0 Å². The van der Waals surface area contributed by atoms with E-state index in [2.05, 4.69) is 4.99 Å². The lowest BCUT2D eigenvalue weighted by atomic mass is 10.8. The van der Waals surface area contributed by atoms with Gasteiger partial charge >= 0.3 is 0 Å². The predicted molar refractivity (Wildman–Crippen MR) is 33.0 cm³/mol. The molecule has 0 bridgehead atoms. The summed E-state index contributed by atoms with van der Waals surface area (Å²) in [6.45, 7) is 0.965. The molecule has 1 rings (SSSR count). The Labute approximate surface area is 44.1 Å². The zero-order chi connectivity index (χ0) is 4.41. The zero-order valence-corrected chi connectivity index (χ0v) is 4.89. The maximum absolute atomic E-state index is 4.88. The van der Waals surface area contributed by atoms with Crippen LogP contribution < -0.4 is 0 Å². The molecule has 0 aromatic heterocycles. The van der Waals surface area contributed by atoms with Crippen molar-refractivity contribution in [2.45, 2.75) is 0 Å². The van der Waals surface area contributed by atoms with Gasteiger partial charge in [0.2, 0.25) is 0 Å². The van der Waals surface area contributed by atoms with Gasteiger partial charge < -0.3 is 0 Å². The van der Waals surface area contributed by atoms with Crippen LogP contribution in [0.5, 0.6) is 0 Å². The van der Waals surface area contributed by atoms with Crippen LogP contribution in [-0.2, 0) is 20.6 Å². The fourth-order valence-corrected chi connectivity index (χ4v) is 1.40. The van der Waals surface area contributed by atoms with Crippen molar-refractivity contribution in [2.75, 3.05) is 12.3 Å². The van der Waals surface area contributed by atoms with Crippen LogP contribution in [0.1, 0.15) is 0 Å². The van der Waals surface area contributed by atoms with Crippen LogP contribution in [0.15, 0.2) is 4.99 Å². The third kappa shape index (κ3) is 0.849. The molecule has 0 saturated carbocycles. The molecule has 0 radical (unpaired) electrons. The second-order valence-electron chi connectivity index (χ2n) is 1.10. The van der Waals surface area contributed by atoms with Crippen molar-refractivity contribution in [1.29, 1.82) is 0 Å². The highest BCUT2D eigenvalue weighted by atomic mass is 32.8. The lowest BCUT2D eigenvalue weighted by Crippen LogP contribution is -1.86. The van der Waals surface area contributed by atoms with Gasteiger partial charge in [-0.3, -0.25) is 4.99 Å². The molecule has 0 aromatic carbocycles. The number of aliphatic imine (C=N–C) groups is 1. The molecule has 1 aliphatic rings. The van der Waals surface area contributed by atoms with Gasteiger partial charge in [0.1, 0.15) is 0 Å². The third-order valence-corrected chi connectivity index (χ3v) is 2.34.